The van der Waals surface area contributed by atoms with Crippen molar-refractivity contribution < 1.29 is 4.42 Å². The molecule has 124 valence electrons. The summed E-state index contributed by atoms with van der Waals surface area (Å²) < 4.78 is 6.11. The number of benzene rings is 1. The predicted molar refractivity (Wildman–Crippen MR) is 103 cm³/mol. The van der Waals surface area contributed by atoms with E-state index >= 15 is 0 Å². The van der Waals surface area contributed by atoms with Gasteiger partial charge in [-0.2, -0.15) is 0 Å². The second-order valence-electron chi connectivity index (χ2n) is 7.12. The molecule has 2 heteroatoms. The molecule has 2 aliphatic rings. The van der Waals surface area contributed by atoms with Crippen molar-refractivity contribution in [2.75, 3.05) is 0 Å². The van der Waals surface area contributed by atoms with Crippen LogP contribution in [0, 0.1) is 0 Å². The number of hydrogen-bond acceptors (Lipinski definition) is 2. The first-order chi connectivity index (χ1) is 12.4. The zero-order valence-electron chi connectivity index (χ0n) is 14.2. The Morgan fingerprint density at radius 2 is 1.92 bits per heavy atom. The number of rotatable bonds is 4. The van der Waals surface area contributed by atoms with Crippen LogP contribution in [-0.2, 0) is 6.42 Å². The van der Waals surface area contributed by atoms with Crippen LogP contribution < -0.4 is 0 Å². The van der Waals surface area contributed by atoms with Gasteiger partial charge in [-0.05, 0) is 48.3 Å². The van der Waals surface area contributed by atoms with Gasteiger partial charge < -0.3 is 4.42 Å². The lowest BCUT2D eigenvalue weighted by Crippen LogP contribution is -2.05. The van der Waals surface area contributed by atoms with Crippen LogP contribution in [0.25, 0.3) is 22.1 Å². The van der Waals surface area contributed by atoms with E-state index in [-0.39, 0.29) is 0 Å². The highest BCUT2D eigenvalue weighted by molar-refractivity contribution is 6.06. The maximum atomic E-state index is 6.11. The van der Waals surface area contributed by atoms with E-state index in [0.29, 0.717) is 11.8 Å². The van der Waals surface area contributed by atoms with Gasteiger partial charge in [-0.3, -0.25) is 0 Å². The Morgan fingerprint density at radius 3 is 2.80 bits per heavy atom. The second-order valence-corrected chi connectivity index (χ2v) is 7.12. The molecule has 2 heterocycles. The Hall–Kier alpha value is -2.61. The van der Waals surface area contributed by atoms with Gasteiger partial charge in [0.15, 0.2) is 0 Å². The summed E-state index contributed by atoms with van der Waals surface area (Å²) in [6.07, 6.45) is 14.8. The van der Waals surface area contributed by atoms with Gasteiger partial charge in [-0.1, -0.05) is 55.2 Å². The van der Waals surface area contributed by atoms with E-state index in [1.54, 1.807) is 6.08 Å². The molecule has 2 nitrogen and oxygen atoms in total. The number of nitrogens with zero attached hydrogens (tertiary/aromatic N) is 1. The van der Waals surface area contributed by atoms with E-state index in [4.69, 9.17) is 9.40 Å². The van der Waals surface area contributed by atoms with Crippen molar-refractivity contribution in [3.05, 3.63) is 78.0 Å². The van der Waals surface area contributed by atoms with Crippen LogP contribution in [0.15, 0.2) is 65.6 Å². The highest BCUT2D eigenvalue weighted by Gasteiger charge is 2.41. The van der Waals surface area contributed by atoms with E-state index in [2.05, 4.69) is 36.9 Å². The first-order valence-electron chi connectivity index (χ1n) is 9.15. The number of furan rings is 1. The van der Waals surface area contributed by atoms with Gasteiger partial charge in [0.25, 0.3) is 0 Å². The summed E-state index contributed by atoms with van der Waals surface area (Å²) in [5, 5.41) is 2.50. The molecular formula is C23H21NO. The summed E-state index contributed by atoms with van der Waals surface area (Å²) in [5.74, 6) is 1.38. The lowest BCUT2D eigenvalue weighted by molar-refractivity contribution is 0.646. The number of hydrogen-bond donors (Lipinski definition) is 0. The molecule has 2 bridgehead atoms. The maximum absolute atomic E-state index is 6.11. The molecule has 0 saturated heterocycles. The Morgan fingerprint density at radius 1 is 1.08 bits per heavy atom. The fourth-order valence-electron chi connectivity index (χ4n) is 4.79. The van der Waals surface area contributed by atoms with E-state index in [9.17, 15) is 0 Å². The van der Waals surface area contributed by atoms with Crippen LogP contribution in [0.2, 0.25) is 0 Å². The molecule has 2 atom stereocenters. The Kier molecular flexibility index (Phi) is 3.37. The first kappa shape index (κ1) is 14.7. The molecule has 2 aromatic heterocycles. The number of pyridine rings is 1. The molecule has 1 aromatic carbocycles. The first-order valence-corrected chi connectivity index (χ1v) is 9.15. The average molecular weight is 327 g/mol. The summed E-state index contributed by atoms with van der Waals surface area (Å²) in [6.45, 7) is 3.70. The summed E-state index contributed by atoms with van der Waals surface area (Å²) >= 11 is 0. The number of fused-ring (bicyclic) bond motifs is 9. The van der Waals surface area contributed by atoms with Crippen LogP contribution >= 0.6 is 0 Å². The van der Waals surface area contributed by atoms with Gasteiger partial charge in [-0.25, -0.2) is 4.98 Å². The normalized spacial score (nSPS) is 21.9. The van der Waals surface area contributed by atoms with Gasteiger partial charge in [0.2, 0.25) is 5.71 Å². The molecule has 1 fully saturated rings. The van der Waals surface area contributed by atoms with E-state index in [1.165, 1.54) is 46.9 Å². The van der Waals surface area contributed by atoms with E-state index < -0.39 is 0 Å². The quantitative estimate of drug-likeness (QED) is 0.534. The Labute approximate surface area is 147 Å². The molecule has 5 rings (SSSR count). The third-order valence-corrected chi connectivity index (χ3v) is 5.74. The van der Waals surface area contributed by atoms with Gasteiger partial charge in [-0.15, -0.1) is 0 Å². The number of aromatic nitrogens is 1. The molecule has 0 aliphatic heterocycles. The molecule has 0 amide bonds. The van der Waals surface area contributed by atoms with Crippen molar-refractivity contribution in [1.82, 2.24) is 4.98 Å². The van der Waals surface area contributed by atoms with E-state index in [1.807, 2.05) is 18.2 Å². The van der Waals surface area contributed by atoms with Crippen LogP contribution in [-0.4, -0.2) is 4.98 Å². The zero-order valence-corrected chi connectivity index (χ0v) is 14.2. The third-order valence-electron chi connectivity index (χ3n) is 5.74. The molecule has 2 aliphatic carbocycles. The molecule has 0 spiro atoms. The lowest BCUT2D eigenvalue weighted by Gasteiger charge is -2.18. The number of allylic oxidation sites excluding steroid dienone is 5. The minimum Gasteiger partial charge on any atom is -0.438 e. The second kappa shape index (κ2) is 5.73. The topological polar surface area (TPSA) is 26.0 Å². The summed E-state index contributed by atoms with van der Waals surface area (Å²) in [4.78, 5) is 4.96. The Balaban J connectivity index is 1.70. The highest BCUT2D eigenvalue weighted by Crippen LogP contribution is 2.56. The summed E-state index contributed by atoms with van der Waals surface area (Å²) in [7, 11) is 0. The molecule has 25 heavy (non-hydrogen) atoms. The SMILES string of the molecule is C=C/C=C\C=C/Cc1nc2oc3ccccc3c2c2c1C1CCC2C1. The smallest absolute Gasteiger partial charge is 0.227 e. The van der Waals surface area contributed by atoms with Crippen molar-refractivity contribution in [1.29, 1.82) is 0 Å². The van der Waals surface area contributed by atoms with Crippen LogP contribution in [0.1, 0.15) is 47.9 Å². The van der Waals surface area contributed by atoms with Crippen LogP contribution in [0.5, 0.6) is 0 Å². The van der Waals surface area contributed by atoms with Crippen molar-refractivity contribution >= 4 is 22.1 Å². The molecular weight excluding hydrogens is 306 g/mol. The Bertz CT molecular complexity index is 1040. The van der Waals surface area contributed by atoms with E-state index in [0.717, 1.165) is 17.7 Å². The third kappa shape index (κ3) is 2.21. The summed E-state index contributed by atoms with van der Waals surface area (Å²) in [5.41, 5.74) is 6.04. The fourth-order valence-corrected chi connectivity index (χ4v) is 4.79. The molecule has 0 N–H and O–H groups in total. The standard InChI is InChI=1S/C23H21NO/c1-2-3-4-5-6-10-18-20-15-12-13-16(14-15)21(20)22-17-9-7-8-11-19(17)25-23(22)24-18/h2-9,11,15-16H,1,10,12-14H2/b4-3-,6-5-. The van der Waals surface area contributed by atoms with Gasteiger partial charge >= 0.3 is 0 Å². The molecule has 3 aromatic rings. The lowest BCUT2D eigenvalue weighted by atomic mass is 9.87. The monoisotopic (exact) mass is 327 g/mol. The molecule has 0 radical (unpaired) electrons. The molecule has 1 saturated carbocycles. The van der Waals surface area contributed by atoms with Gasteiger partial charge in [0.1, 0.15) is 5.58 Å². The van der Waals surface area contributed by atoms with Crippen LogP contribution in [0.3, 0.4) is 0 Å². The number of para-hydroxylation sites is 1. The van der Waals surface area contributed by atoms with Crippen molar-refractivity contribution in [2.45, 2.75) is 37.5 Å². The van der Waals surface area contributed by atoms with Crippen molar-refractivity contribution in [2.24, 2.45) is 0 Å². The van der Waals surface area contributed by atoms with Gasteiger partial charge in [0, 0.05) is 11.8 Å². The highest BCUT2D eigenvalue weighted by atomic mass is 16.3. The minimum atomic E-state index is 0.690. The average Bonchev–Trinajstić information content (AvgIpc) is 3.33. The van der Waals surface area contributed by atoms with Gasteiger partial charge in [0.05, 0.1) is 11.1 Å². The molecule has 2 unspecified atom stereocenters. The summed E-state index contributed by atoms with van der Waals surface area (Å²) in [6, 6.07) is 8.36. The maximum Gasteiger partial charge on any atom is 0.227 e. The minimum absolute atomic E-state index is 0.690. The zero-order chi connectivity index (χ0) is 16.8. The van der Waals surface area contributed by atoms with Crippen LogP contribution in [0.4, 0.5) is 0 Å². The van der Waals surface area contributed by atoms with Crippen molar-refractivity contribution in [3.63, 3.8) is 0 Å². The fraction of sp³-hybridized carbons (Fsp3) is 0.261. The largest absolute Gasteiger partial charge is 0.438 e. The van der Waals surface area contributed by atoms with Crippen molar-refractivity contribution in [3.8, 4) is 0 Å². The predicted octanol–water partition coefficient (Wildman–Crippen LogP) is 6.19.